The summed E-state index contributed by atoms with van der Waals surface area (Å²) in [6.45, 7) is 5.78. The van der Waals surface area contributed by atoms with Gasteiger partial charge in [0.15, 0.2) is 0 Å². The molecule has 7 heteroatoms. The van der Waals surface area contributed by atoms with Gasteiger partial charge in [0.05, 0.1) is 12.2 Å². The highest BCUT2D eigenvalue weighted by Gasteiger charge is 2.35. The van der Waals surface area contributed by atoms with Crippen molar-refractivity contribution < 1.29 is 13.2 Å². The van der Waals surface area contributed by atoms with E-state index in [1.807, 2.05) is 27.0 Å². The molecule has 1 aliphatic heterocycles. The summed E-state index contributed by atoms with van der Waals surface area (Å²) >= 11 is 1.33. The molecule has 2 heterocycles. The molecule has 0 unspecified atom stereocenters. The maximum atomic E-state index is 12.6. The average Bonchev–Trinajstić information content (AvgIpc) is 2.77. The summed E-state index contributed by atoms with van der Waals surface area (Å²) in [6.07, 6.45) is 0. The molecule has 1 aliphatic rings. The van der Waals surface area contributed by atoms with Crippen molar-refractivity contribution in [3.05, 3.63) is 17.0 Å². The van der Waals surface area contributed by atoms with Crippen molar-refractivity contribution in [3.63, 3.8) is 0 Å². The average molecular weight is 304 g/mol. The predicted molar refractivity (Wildman–Crippen MR) is 75.9 cm³/mol. The maximum absolute atomic E-state index is 12.6. The van der Waals surface area contributed by atoms with E-state index in [9.17, 15) is 8.42 Å². The van der Waals surface area contributed by atoms with Crippen molar-refractivity contribution in [1.29, 1.82) is 0 Å². The smallest absolute Gasteiger partial charge is 0.252 e. The van der Waals surface area contributed by atoms with E-state index in [-0.39, 0.29) is 0 Å². The minimum absolute atomic E-state index is 0.397. The molecule has 1 N–H and O–H groups in total. The van der Waals surface area contributed by atoms with Crippen LogP contribution in [-0.4, -0.2) is 45.1 Å². The van der Waals surface area contributed by atoms with Gasteiger partial charge >= 0.3 is 0 Å². The SMILES string of the molecule is CNCc1ccc(S(=O)(=O)N2CCOC(C)(C)C2)s1. The summed E-state index contributed by atoms with van der Waals surface area (Å²) < 4.78 is 32.6. The van der Waals surface area contributed by atoms with Gasteiger partial charge in [-0.15, -0.1) is 11.3 Å². The van der Waals surface area contributed by atoms with Crippen LogP contribution in [0.15, 0.2) is 16.3 Å². The standard InChI is InChI=1S/C12H20N2O3S2/c1-12(2)9-14(6-7-17-12)19(15,16)11-5-4-10(18-11)8-13-3/h4-5,13H,6-9H2,1-3H3. The number of thiophene rings is 1. The zero-order chi connectivity index (χ0) is 14.1. The molecule has 2 rings (SSSR count). The first-order valence-corrected chi connectivity index (χ1v) is 8.48. The number of ether oxygens (including phenoxy) is 1. The van der Waals surface area contributed by atoms with Crippen LogP contribution in [0.2, 0.25) is 0 Å². The Bertz CT molecular complexity index is 537. The maximum Gasteiger partial charge on any atom is 0.252 e. The molecule has 1 aromatic rings. The number of nitrogens with zero attached hydrogens (tertiary/aromatic N) is 1. The van der Waals surface area contributed by atoms with Crippen molar-refractivity contribution in [2.75, 3.05) is 26.7 Å². The Morgan fingerprint density at radius 3 is 2.84 bits per heavy atom. The Balaban J connectivity index is 2.21. The molecule has 0 aromatic carbocycles. The van der Waals surface area contributed by atoms with Crippen molar-refractivity contribution in [2.45, 2.75) is 30.2 Å². The van der Waals surface area contributed by atoms with Gasteiger partial charge in [0.25, 0.3) is 10.0 Å². The summed E-state index contributed by atoms with van der Waals surface area (Å²) in [5.41, 5.74) is -0.420. The van der Waals surface area contributed by atoms with Gasteiger partial charge in [-0.05, 0) is 33.0 Å². The first-order valence-electron chi connectivity index (χ1n) is 6.22. The van der Waals surface area contributed by atoms with Crippen LogP contribution in [0.5, 0.6) is 0 Å². The van der Waals surface area contributed by atoms with Crippen molar-refractivity contribution in [1.82, 2.24) is 9.62 Å². The second-order valence-corrected chi connectivity index (χ2v) is 8.53. The molecule has 0 atom stereocenters. The number of hydrogen-bond acceptors (Lipinski definition) is 5. The van der Waals surface area contributed by atoms with Crippen LogP contribution in [0.25, 0.3) is 0 Å². The fourth-order valence-electron chi connectivity index (χ4n) is 2.07. The van der Waals surface area contributed by atoms with Crippen LogP contribution in [-0.2, 0) is 21.3 Å². The van der Waals surface area contributed by atoms with Gasteiger partial charge in [0.1, 0.15) is 4.21 Å². The molecule has 0 spiro atoms. The van der Waals surface area contributed by atoms with E-state index in [4.69, 9.17) is 4.74 Å². The third-order valence-electron chi connectivity index (χ3n) is 2.97. The summed E-state index contributed by atoms with van der Waals surface area (Å²) in [6, 6.07) is 3.55. The molecule has 108 valence electrons. The molecule has 0 saturated carbocycles. The van der Waals surface area contributed by atoms with Crippen LogP contribution >= 0.6 is 11.3 Å². The summed E-state index contributed by atoms with van der Waals surface area (Å²) in [7, 11) is -1.54. The third-order valence-corrected chi connectivity index (χ3v) is 6.37. The molecule has 19 heavy (non-hydrogen) atoms. The van der Waals surface area contributed by atoms with Gasteiger partial charge in [-0.2, -0.15) is 4.31 Å². The molecule has 0 bridgehead atoms. The predicted octanol–water partition coefficient (Wildman–Crippen LogP) is 1.27. The van der Waals surface area contributed by atoms with Crippen LogP contribution in [0.3, 0.4) is 0 Å². The molecule has 1 saturated heterocycles. The van der Waals surface area contributed by atoms with Gasteiger partial charge in [-0.25, -0.2) is 8.42 Å². The highest BCUT2D eigenvalue weighted by atomic mass is 32.2. The molecular weight excluding hydrogens is 284 g/mol. The summed E-state index contributed by atoms with van der Waals surface area (Å²) in [4.78, 5) is 1.02. The monoisotopic (exact) mass is 304 g/mol. The first-order chi connectivity index (χ1) is 8.85. The molecule has 1 fully saturated rings. The second-order valence-electron chi connectivity index (χ2n) is 5.20. The topological polar surface area (TPSA) is 58.6 Å². The van der Waals surface area contributed by atoms with E-state index in [1.165, 1.54) is 15.6 Å². The number of hydrogen-bond donors (Lipinski definition) is 1. The van der Waals surface area contributed by atoms with E-state index in [0.717, 1.165) is 4.88 Å². The van der Waals surface area contributed by atoms with E-state index < -0.39 is 15.6 Å². The lowest BCUT2D eigenvalue weighted by Gasteiger charge is -2.37. The zero-order valence-electron chi connectivity index (χ0n) is 11.5. The van der Waals surface area contributed by atoms with Gasteiger partial charge in [-0.3, -0.25) is 0 Å². The minimum Gasteiger partial charge on any atom is -0.373 e. The highest BCUT2D eigenvalue weighted by molar-refractivity contribution is 7.91. The Kier molecular flexibility index (Phi) is 4.32. The quantitative estimate of drug-likeness (QED) is 0.910. The lowest BCUT2D eigenvalue weighted by Crippen LogP contribution is -2.50. The summed E-state index contributed by atoms with van der Waals surface area (Å²) in [5.74, 6) is 0. The molecule has 0 aliphatic carbocycles. The Labute approximate surface area is 118 Å². The van der Waals surface area contributed by atoms with E-state index >= 15 is 0 Å². The van der Waals surface area contributed by atoms with Crippen LogP contribution in [0.1, 0.15) is 18.7 Å². The first kappa shape index (κ1) is 14.9. The second kappa shape index (κ2) is 5.49. The van der Waals surface area contributed by atoms with Crippen LogP contribution < -0.4 is 5.32 Å². The fraction of sp³-hybridized carbons (Fsp3) is 0.667. The van der Waals surface area contributed by atoms with E-state index in [1.54, 1.807) is 6.07 Å². The van der Waals surface area contributed by atoms with Gasteiger partial charge < -0.3 is 10.1 Å². The zero-order valence-corrected chi connectivity index (χ0v) is 13.1. The van der Waals surface area contributed by atoms with Crippen molar-refractivity contribution in [2.24, 2.45) is 0 Å². The van der Waals surface area contributed by atoms with Crippen molar-refractivity contribution in [3.8, 4) is 0 Å². The minimum atomic E-state index is -3.39. The van der Waals surface area contributed by atoms with Crippen LogP contribution in [0, 0.1) is 0 Å². The molecule has 1 aromatic heterocycles. The number of morpholine rings is 1. The molecule has 0 amide bonds. The Morgan fingerprint density at radius 2 is 2.21 bits per heavy atom. The largest absolute Gasteiger partial charge is 0.373 e. The van der Waals surface area contributed by atoms with Crippen LogP contribution in [0.4, 0.5) is 0 Å². The highest BCUT2D eigenvalue weighted by Crippen LogP contribution is 2.28. The summed E-state index contributed by atoms with van der Waals surface area (Å²) in [5, 5.41) is 3.02. The fourth-order valence-corrected chi connectivity index (χ4v) is 5.17. The molecule has 5 nitrogen and oxygen atoms in total. The third kappa shape index (κ3) is 3.35. The lowest BCUT2D eigenvalue weighted by atomic mass is 10.1. The Morgan fingerprint density at radius 1 is 1.47 bits per heavy atom. The number of sulfonamides is 1. The molecular formula is C12H20N2O3S2. The molecule has 0 radical (unpaired) electrons. The normalized spacial score (nSPS) is 20.6. The van der Waals surface area contributed by atoms with Crippen molar-refractivity contribution >= 4 is 21.4 Å². The van der Waals surface area contributed by atoms with Gasteiger partial charge in [0, 0.05) is 24.5 Å². The van der Waals surface area contributed by atoms with E-state index in [0.29, 0.717) is 30.5 Å². The van der Waals surface area contributed by atoms with Gasteiger partial charge in [0.2, 0.25) is 0 Å². The van der Waals surface area contributed by atoms with E-state index in [2.05, 4.69) is 5.32 Å². The number of rotatable bonds is 4. The number of nitrogens with one attached hydrogen (secondary N) is 1. The Hall–Kier alpha value is -0.470. The van der Waals surface area contributed by atoms with Gasteiger partial charge in [-0.1, -0.05) is 0 Å². The lowest BCUT2D eigenvalue weighted by molar-refractivity contribution is -0.0639.